The fraction of sp³-hybridized carbons (Fsp3) is 0.450. The van der Waals surface area contributed by atoms with E-state index in [2.05, 4.69) is 22.0 Å². The molecule has 0 saturated carbocycles. The quantitative estimate of drug-likeness (QED) is 0.746. The molecule has 1 amide bonds. The van der Waals surface area contributed by atoms with Crippen molar-refractivity contribution in [1.82, 2.24) is 15.1 Å². The Balaban J connectivity index is 1.54. The Morgan fingerprint density at radius 3 is 2.30 bits per heavy atom. The van der Waals surface area contributed by atoms with Gasteiger partial charge in [-0.05, 0) is 43.7 Å². The minimum atomic E-state index is 0.0482. The van der Waals surface area contributed by atoms with E-state index in [4.69, 9.17) is 9.47 Å². The van der Waals surface area contributed by atoms with Gasteiger partial charge in [-0.1, -0.05) is 6.92 Å². The summed E-state index contributed by atoms with van der Waals surface area (Å²) in [5.41, 5.74) is 0.684. The maximum Gasteiger partial charge on any atom is 0.253 e. The Kier molecular flexibility index (Phi) is 6.46. The Morgan fingerprint density at radius 2 is 1.70 bits per heavy atom. The first-order valence-electron chi connectivity index (χ1n) is 9.45. The van der Waals surface area contributed by atoms with E-state index in [-0.39, 0.29) is 5.91 Å². The average Bonchev–Trinajstić information content (AvgIpc) is 2.73. The highest BCUT2D eigenvalue weighted by atomic mass is 16.5. The molecule has 1 saturated heterocycles. The van der Waals surface area contributed by atoms with Crippen LogP contribution in [0.2, 0.25) is 0 Å². The number of carbonyl (C=O) groups excluding carboxylic acids is 1. The maximum atomic E-state index is 12.7. The molecule has 144 valence electrons. The van der Waals surface area contributed by atoms with Crippen LogP contribution < -0.4 is 14.4 Å². The summed E-state index contributed by atoms with van der Waals surface area (Å²) in [5.74, 6) is 2.19. The molecule has 2 heterocycles. The summed E-state index contributed by atoms with van der Waals surface area (Å²) < 4.78 is 10.9. The molecule has 7 heteroatoms. The second kappa shape index (κ2) is 9.21. The van der Waals surface area contributed by atoms with Crippen LogP contribution in [-0.2, 0) is 0 Å². The number of nitrogens with zero attached hydrogens (tertiary/aromatic N) is 4. The zero-order valence-corrected chi connectivity index (χ0v) is 15.9. The molecule has 0 radical (unpaired) electrons. The second-order valence-electron chi connectivity index (χ2n) is 6.31. The van der Waals surface area contributed by atoms with Gasteiger partial charge in [0.05, 0.1) is 13.2 Å². The normalized spacial score (nSPS) is 14.1. The lowest BCUT2D eigenvalue weighted by atomic mass is 10.1. The number of ether oxygens (including phenoxy) is 2. The van der Waals surface area contributed by atoms with Gasteiger partial charge in [-0.3, -0.25) is 4.79 Å². The third kappa shape index (κ3) is 4.87. The lowest BCUT2D eigenvalue weighted by molar-refractivity contribution is 0.0746. The van der Waals surface area contributed by atoms with Gasteiger partial charge in [0.15, 0.2) is 5.82 Å². The first-order valence-corrected chi connectivity index (χ1v) is 9.45. The predicted octanol–water partition coefficient (Wildman–Crippen LogP) is 2.63. The molecule has 1 aliphatic heterocycles. The van der Waals surface area contributed by atoms with Gasteiger partial charge in [0, 0.05) is 37.8 Å². The number of amides is 1. The molecule has 2 aromatic rings. The van der Waals surface area contributed by atoms with Gasteiger partial charge < -0.3 is 19.3 Å². The number of aromatic nitrogens is 2. The first-order chi connectivity index (χ1) is 13.2. The molecule has 1 fully saturated rings. The van der Waals surface area contributed by atoms with E-state index in [0.717, 1.165) is 31.1 Å². The molecule has 0 bridgehead atoms. The van der Waals surface area contributed by atoms with Crippen LogP contribution in [0.25, 0.3) is 0 Å². The summed E-state index contributed by atoms with van der Waals surface area (Å²) in [6, 6.07) is 11.1. The summed E-state index contributed by atoms with van der Waals surface area (Å²) >= 11 is 0. The number of benzene rings is 1. The van der Waals surface area contributed by atoms with Gasteiger partial charge in [0.25, 0.3) is 5.91 Å². The van der Waals surface area contributed by atoms with Crippen molar-refractivity contribution in [3.05, 3.63) is 42.0 Å². The number of hydrogen-bond acceptors (Lipinski definition) is 6. The molecule has 27 heavy (non-hydrogen) atoms. The van der Waals surface area contributed by atoms with Crippen LogP contribution in [0.4, 0.5) is 5.82 Å². The van der Waals surface area contributed by atoms with Gasteiger partial charge in [0.2, 0.25) is 5.88 Å². The van der Waals surface area contributed by atoms with Crippen molar-refractivity contribution in [3.63, 3.8) is 0 Å². The number of carbonyl (C=O) groups is 1. The van der Waals surface area contributed by atoms with E-state index < -0.39 is 0 Å². The smallest absolute Gasteiger partial charge is 0.253 e. The van der Waals surface area contributed by atoms with E-state index in [1.807, 2.05) is 48.2 Å². The highest BCUT2D eigenvalue weighted by Gasteiger charge is 2.23. The summed E-state index contributed by atoms with van der Waals surface area (Å²) in [6.07, 6.45) is 0.938. The van der Waals surface area contributed by atoms with Gasteiger partial charge in [0.1, 0.15) is 5.75 Å². The standard InChI is InChI=1S/C20H26N4O3/c1-3-15-27-19-10-9-18(21-22-19)23-11-13-24(14-12-23)20(25)16-5-7-17(8-6-16)26-4-2/h5-10H,3-4,11-15H2,1-2H3. The van der Waals surface area contributed by atoms with Crippen molar-refractivity contribution in [2.24, 2.45) is 0 Å². The molecule has 7 nitrogen and oxygen atoms in total. The number of rotatable bonds is 7. The third-order valence-electron chi connectivity index (χ3n) is 4.38. The Labute approximate surface area is 159 Å². The molecule has 0 atom stereocenters. The largest absolute Gasteiger partial charge is 0.494 e. The predicted molar refractivity (Wildman–Crippen MR) is 104 cm³/mol. The van der Waals surface area contributed by atoms with Gasteiger partial charge in [-0.15, -0.1) is 10.2 Å². The van der Waals surface area contributed by atoms with Crippen molar-refractivity contribution in [3.8, 4) is 11.6 Å². The van der Waals surface area contributed by atoms with Crippen LogP contribution in [0.5, 0.6) is 11.6 Å². The average molecular weight is 370 g/mol. The van der Waals surface area contributed by atoms with Crippen LogP contribution in [0, 0.1) is 0 Å². The van der Waals surface area contributed by atoms with Crippen molar-refractivity contribution in [2.75, 3.05) is 44.3 Å². The van der Waals surface area contributed by atoms with Crippen LogP contribution in [-0.4, -0.2) is 60.4 Å². The molecular weight excluding hydrogens is 344 g/mol. The number of piperazine rings is 1. The molecule has 1 aliphatic rings. The van der Waals surface area contributed by atoms with Crippen LogP contribution >= 0.6 is 0 Å². The second-order valence-corrected chi connectivity index (χ2v) is 6.31. The van der Waals surface area contributed by atoms with Gasteiger partial charge in [-0.25, -0.2) is 0 Å². The molecule has 0 spiro atoms. The van der Waals surface area contributed by atoms with E-state index in [1.54, 1.807) is 0 Å². The van der Waals surface area contributed by atoms with Crippen molar-refractivity contribution >= 4 is 11.7 Å². The zero-order valence-electron chi connectivity index (χ0n) is 15.9. The fourth-order valence-electron chi connectivity index (χ4n) is 2.95. The van der Waals surface area contributed by atoms with E-state index >= 15 is 0 Å². The molecule has 0 aliphatic carbocycles. The SMILES string of the molecule is CCCOc1ccc(N2CCN(C(=O)c3ccc(OCC)cc3)CC2)nn1. The first kappa shape index (κ1) is 18.9. The van der Waals surface area contributed by atoms with Crippen molar-refractivity contribution in [1.29, 1.82) is 0 Å². The topological polar surface area (TPSA) is 67.8 Å². The Hall–Kier alpha value is -2.83. The zero-order chi connectivity index (χ0) is 19.1. The fourth-order valence-corrected chi connectivity index (χ4v) is 2.95. The molecule has 1 aromatic heterocycles. The summed E-state index contributed by atoms with van der Waals surface area (Å²) in [6.45, 7) is 8.01. The lowest BCUT2D eigenvalue weighted by Gasteiger charge is -2.35. The Bertz CT molecular complexity index is 726. The molecule has 1 aromatic carbocycles. The lowest BCUT2D eigenvalue weighted by Crippen LogP contribution is -2.49. The Morgan fingerprint density at radius 1 is 0.963 bits per heavy atom. The summed E-state index contributed by atoms with van der Waals surface area (Å²) in [4.78, 5) is 16.7. The third-order valence-corrected chi connectivity index (χ3v) is 4.38. The minimum Gasteiger partial charge on any atom is -0.494 e. The number of hydrogen-bond donors (Lipinski definition) is 0. The minimum absolute atomic E-state index is 0.0482. The number of anilines is 1. The van der Waals surface area contributed by atoms with Gasteiger partial charge >= 0.3 is 0 Å². The van der Waals surface area contributed by atoms with Gasteiger partial charge in [-0.2, -0.15) is 0 Å². The molecule has 0 N–H and O–H groups in total. The van der Waals surface area contributed by atoms with Crippen molar-refractivity contribution in [2.45, 2.75) is 20.3 Å². The van der Waals surface area contributed by atoms with E-state index in [1.165, 1.54) is 0 Å². The molecular formula is C20H26N4O3. The molecule has 0 unspecified atom stereocenters. The molecule has 3 rings (SSSR count). The van der Waals surface area contributed by atoms with E-state index in [0.29, 0.717) is 37.7 Å². The van der Waals surface area contributed by atoms with Crippen LogP contribution in [0.3, 0.4) is 0 Å². The van der Waals surface area contributed by atoms with Crippen LogP contribution in [0.1, 0.15) is 30.6 Å². The van der Waals surface area contributed by atoms with E-state index in [9.17, 15) is 4.79 Å². The maximum absolute atomic E-state index is 12.7. The van der Waals surface area contributed by atoms with Crippen LogP contribution in [0.15, 0.2) is 36.4 Å². The summed E-state index contributed by atoms with van der Waals surface area (Å²) in [7, 11) is 0. The monoisotopic (exact) mass is 370 g/mol. The highest BCUT2D eigenvalue weighted by Crippen LogP contribution is 2.18. The summed E-state index contributed by atoms with van der Waals surface area (Å²) in [5, 5.41) is 8.35. The highest BCUT2D eigenvalue weighted by molar-refractivity contribution is 5.94. The van der Waals surface area contributed by atoms with Crippen molar-refractivity contribution < 1.29 is 14.3 Å².